The molecule has 4 nitrogen and oxygen atoms in total. The van der Waals surface area contributed by atoms with E-state index in [4.69, 9.17) is 19.4 Å². The first-order valence-corrected chi connectivity index (χ1v) is 20.4. The first-order chi connectivity index (χ1) is 29.8. The molecule has 12 rings (SSSR count). The zero-order chi connectivity index (χ0) is 39.6. The van der Waals surface area contributed by atoms with Gasteiger partial charge in [-0.3, -0.25) is 0 Å². The third kappa shape index (κ3) is 5.14. The third-order valence-electron chi connectivity index (χ3n) is 12.2. The van der Waals surface area contributed by atoms with Gasteiger partial charge in [0.1, 0.15) is 11.2 Å². The highest BCUT2D eigenvalue weighted by molar-refractivity contribution is 6.23. The zero-order valence-electron chi connectivity index (χ0n) is 32.5. The highest BCUT2D eigenvalue weighted by Crippen LogP contribution is 2.56. The van der Waals surface area contributed by atoms with Crippen molar-refractivity contribution >= 4 is 32.7 Å². The highest BCUT2D eigenvalue weighted by atomic mass is 16.3. The Morgan fingerprint density at radius 2 is 0.883 bits per heavy atom. The molecule has 1 aliphatic rings. The minimum absolute atomic E-state index is 0.552. The lowest BCUT2D eigenvalue weighted by Gasteiger charge is -2.34. The summed E-state index contributed by atoms with van der Waals surface area (Å²) in [6.07, 6.45) is 0. The molecule has 60 heavy (non-hydrogen) atoms. The Kier molecular flexibility index (Phi) is 7.72. The van der Waals surface area contributed by atoms with Crippen LogP contribution in [0.3, 0.4) is 0 Å². The molecule has 4 heteroatoms. The summed E-state index contributed by atoms with van der Waals surface area (Å²) in [5.41, 5.74) is 13.1. The number of benzene rings is 9. The van der Waals surface area contributed by atoms with Crippen molar-refractivity contribution in [3.63, 3.8) is 0 Å². The summed E-state index contributed by atoms with van der Waals surface area (Å²) in [5, 5.41) is 4.30. The minimum Gasteiger partial charge on any atom is -0.455 e. The average Bonchev–Trinajstić information content (AvgIpc) is 3.87. The number of para-hydroxylation sites is 1. The molecule has 0 unspecified atom stereocenters. The zero-order valence-corrected chi connectivity index (χ0v) is 32.5. The van der Waals surface area contributed by atoms with Gasteiger partial charge in [0.2, 0.25) is 0 Å². The highest BCUT2D eigenvalue weighted by Gasteiger charge is 2.46. The van der Waals surface area contributed by atoms with E-state index in [-0.39, 0.29) is 0 Å². The standard InChI is InChI=1S/C56H35N3O/c1-5-18-36(19-6-1)43-29-17-30-46-50-42-27-14-13-22-38(42)34-47(52(50)60-51(43)46)55-58-53(37-20-7-2-8-21-37)57-54(59-55)39-32-33-45-44-28-15-16-31-48(44)56(49(45)35-39,40-23-9-3-10-24-40)41-25-11-4-12-26-41/h1-35H. The normalized spacial score (nSPS) is 12.8. The Labute approximate surface area is 347 Å². The molecule has 9 aromatic carbocycles. The van der Waals surface area contributed by atoms with Crippen LogP contribution in [0.4, 0.5) is 0 Å². The number of hydrogen-bond acceptors (Lipinski definition) is 4. The van der Waals surface area contributed by atoms with Gasteiger partial charge in [0, 0.05) is 27.5 Å². The summed E-state index contributed by atoms with van der Waals surface area (Å²) < 4.78 is 7.04. The van der Waals surface area contributed by atoms with Crippen molar-refractivity contribution in [3.05, 3.63) is 235 Å². The van der Waals surface area contributed by atoms with Gasteiger partial charge in [-0.25, -0.2) is 15.0 Å². The second-order valence-electron chi connectivity index (χ2n) is 15.5. The molecular formula is C56H35N3O. The summed E-state index contributed by atoms with van der Waals surface area (Å²) in [7, 11) is 0. The van der Waals surface area contributed by atoms with Crippen molar-refractivity contribution < 1.29 is 4.42 Å². The predicted octanol–water partition coefficient (Wildman–Crippen LogP) is 14.0. The van der Waals surface area contributed by atoms with Crippen LogP contribution in [0.1, 0.15) is 22.3 Å². The first kappa shape index (κ1) is 34.1. The van der Waals surface area contributed by atoms with E-state index < -0.39 is 5.41 Å². The van der Waals surface area contributed by atoms with Crippen LogP contribution < -0.4 is 0 Å². The fourth-order valence-corrected chi connectivity index (χ4v) is 9.58. The molecule has 0 bridgehead atoms. The summed E-state index contributed by atoms with van der Waals surface area (Å²) in [4.78, 5) is 15.9. The van der Waals surface area contributed by atoms with Crippen LogP contribution in [0.25, 0.3) is 89.1 Å². The van der Waals surface area contributed by atoms with Gasteiger partial charge in [-0.1, -0.05) is 200 Å². The summed E-state index contributed by atoms with van der Waals surface area (Å²) >= 11 is 0. The van der Waals surface area contributed by atoms with Crippen molar-refractivity contribution in [3.8, 4) is 56.4 Å². The van der Waals surface area contributed by atoms with E-state index in [0.29, 0.717) is 17.5 Å². The maximum Gasteiger partial charge on any atom is 0.167 e. The molecule has 0 fully saturated rings. The molecule has 2 aromatic heterocycles. The maximum absolute atomic E-state index is 7.04. The predicted molar refractivity (Wildman–Crippen MR) is 244 cm³/mol. The number of nitrogens with zero attached hydrogens (tertiary/aromatic N) is 3. The lowest BCUT2D eigenvalue weighted by Crippen LogP contribution is -2.28. The number of hydrogen-bond donors (Lipinski definition) is 0. The van der Waals surface area contributed by atoms with Gasteiger partial charge >= 0.3 is 0 Å². The molecule has 0 saturated heterocycles. The van der Waals surface area contributed by atoms with E-state index in [1.165, 1.54) is 33.4 Å². The van der Waals surface area contributed by atoms with Gasteiger partial charge in [-0.2, -0.15) is 0 Å². The maximum atomic E-state index is 7.04. The molecule has 2 heterocycles. The Hall–Kier alpha value is -7.95. The number of rotatable bonds is 6. The minimum atomic E-state index is -0.558. The number of aromatic nitrogens is 3. The van der Waals surface area contributed by atoms with E-state index in [9.17, 15) is 0 Å². The van der Waals surface area contributed by atoms with Crippen LogP contribution in [-0.4, -0.2) is 15.0 Å². The fraction of sp³-hybridized carbons (Fsp3) is 0.0179. The quantitative estimate of drug-likeness (QED) is 0.169. The topological polar surface area (TPSA) is 51.8 Å². The molecule has 0 saturated carbocycles. The van der Waals surface area contributed by atoms with Crippen molar-refractivity contribution in [1.82, 2.24) is 15.0 Å². The van der Waals surface area contributed by atoms with E-state index in [1.54, 1.807) is 0 Å². The molecule has 11 aromatic rings. The Morgan fingerprint density at radius 3 is 1.62 bits per heavy atom. The van der Waals surface area contributed by atoms with Crippen molar-refractivity contribution in [2.45, 2.75) is 5.41 Å². The summed E-state index contributed by atoms with van der Waals surface area (Å²) in [6.45, 7) is 0. The fourth-order valence-electron chi connectivity index (χ4n) is 9.58. The van der Waals surface area contributed by atoms with Crippen LogP contribution in [0, 0.1) is 0 Å². The van der Waals surface area contributed by atoms with Crippen LogP contribution in [-0.2, 0) is 5.41 Å². The molecule has 0 atom stereocenters. The van der Waals surface area contributed by atoms with E-state index in [2.05, 4.69) is 188 Å². The molecule has 1 aliphatic carbocycles. The second-order valence-corrected chi connectivity index (χ2v) is 15.5. The Balaban J connectivity index is 1.13. The SMILES string of the molecule is c1ccc(-c2nc(-c3ccc4c(c3)C(c3ccccc3)(c3ccccc3)c3ccccc3-4)nc(-c3cc4ccccc4c4c3oc3c(-c5ccccc5)cccc34)n2)cc1. The van der Waals surface area contributed by atoms with Gasteiger partial charge in [-0.05, 0) is 61.8 Å². The Bertz CT molecular complexity index is 3370. The summed E-state index contributed by atoms with van der Waals surface area (Å²) in [6, 6.07) is 75.0. The lowest BCUT2D eigenvalue weighted by molar-refractivity contribution is 0.671. The first-order valence-electron chi connectivity index (χ1n) is 20.4. The van der Waals surface area contributed by atoms with Crippen molar-refractivity contribution in [1.29, 1.82) is 0 Å². The third-order valence-corrected chi connectivity index (χ3v) is 12.2. The van der Waals surface area contributed by atoms with Gasteiger partial charge in [0.25, 0.3) is 0 Å². The van der Waals surface area contributed by atoms with Gasteiger partial charge in [-0.15, -0.1) is 0 Å². The van der Waals surface area contributed by atoms with Crippen LogP contribution >= 0.6 is 0 Å². The van der Waals surface area contributed by atoms with Crippen LogP contribution in [0.15, 0.2) is 217 Å². The lowest BCUT2D eigenvalue weighted by atomic mass is 9.67. The molecule has 0 amide bonds. The van der Waals surface area contributed by atoms with E-state index in [1.807, 2.05) is 24.3 Å². The average molecular weight is 766 g/mol. The van der Waals surface area contributed by atoms with Gasteiger partial charge in [0.15, 0.2) is 17.5 Å². The van der Waals surface area contributed by atoms with E-state index >= 15 is 0 Å². The van der Waals surface area contributed by atoms with E-state index in [0.717, 1.165) is 60.5 Å². The number of fused-ring (bicyclic) bond motifs is 8. The smallest absolute Gasteiger partial charge is 0.167 e. The van der Waals surface area contributed by atoms with Crippen molar-refractivity contribution in [2.24, 2.45) is 0 Å². The monoisotopic (exact) mass is 765 g/mol. The van der Waals surface area contributed by atoms with Crippen LogP contribution in [0.5, 0.6) is 0 Å². The molecule has 0 spiro atoms. The molecule has 0 N–H and O–H groups in total. The summed E-state index contributed by atoms with van der Waals surface area (Å²) in [5.74, 6) is 1.74. The second kappa shape index (κ2) is 13.6. The molecule has 0 aliphatic heterocycles. The largest absolute Gasteiger partial charge is 0.455 e. The van der Waals surface area contributed by atoms with Gasteiger partial charge in [0.05, 0.1) is 11.0 Å². The molecule has 280 valence electrons. The molecular weight excluding hydrogens is 731 g/mol. The number of furan rings is 1. The van der Waals surface area contributed by atoms with Gasteiger partial charge < -0.3 is 4.42 Å². The Morgan fingerprint density at radius 1 is 0.333 bits per heavy atom. The van der Waals surface area contributed by atoms with Crippen LogP contribution in [0.2, 0.25) is 0 Å². The van der Waals surface area contributed by atoms with Crippen molar-refractivity contribution in [2.75, 3.05) is 0 Å². The molecule has 0 radical (unpaired) electrons.